The van der Waals surface area contributed by atoms with Gasteiger partial charge in [0.05, 0.1) is 6.61 Å². The summed E-state index contributed by atoms with van der Waals surface area (Å²) in [6.45, 7) is 6.39. The molecule has 1 aromatic heterocycles. The molecule has 0 spiro atoms. The summed E-state index contributed by atoms with van der Waals surface area (Å²) in [5.74, 6) is 2.44. The average Bonchev–Trinajstić information content (AvgIpc) is 3.40. The van der Waals surface area contributed by atoms with Crippen LogP contribution in [-0.2, 0) is 18.3 Å². The van der Waals surface area contributed by atoms with Gasteiger partial charge in [-0.25, -0.2) is 4.99 Å². The van der Waals surface area contributed by atoms with Crippen LogP contribution in [0, 0.1) is 12.3 Å². The van der Waals surface area contributed by atoms with Crippen molar-refractivity contribution in [3.8, 4) is 0 Å². The zero-order valence-corrected chi connectivity index (χ0v) is 22.3. The quantitative estimate of drug-likeness (QED) is 0.165. The largest absolute Gasteiger partial charge is 0.396 e. The summed E-state index contributed by atoms with van der Waals surface area (Å²) in [6, 6.07) is 10.4. The van der Waals surface area contributed by atoms with Crippen molar-refractivity contribution in [2.45, 2.75) is 32.7 Å². The lowest BCUT2D eigenvalue weighted by Gasteiger charge is -2.28. The van der Waals surface area contributed by atoms with Gasteiger partial charge in [0.1, 0.15) is 12.4 Å². The molecule has 2 heterocycles. The third-order valence-corrected chi connectivity index (χ3v) is 6.18. The van der Waals surface area contributed by atoms with Crippen LogP contribution in [0.4, 0.5) is 5.69 Å². The van der Waals surface area contributed by atoms with Crippen molar-refractivity contribution < 1.29 is 9.84 Å². The molecule has 2 aromatic rings. The van der Waals surface area contributed by atoms with Gasteiger partial charge in [0, 0.05) is 58.0 Å². The minimum Gasteiger partial charge on any atom is -0.396 e. The Hall–Kier alpha value is -1.92. The number of ether oxygens (including phenoxy) is 1. The van der Waals surface area contributed by atoms with E-state index >= 15 is 0 Å². The predicted octanol–water partition coefficient (Wildman–Crippen LogP) is 2.09. The molecule has 1 atom stereocenters. The highest BCUT2D eigenvalue weighted by molar-refractivity contribution is 14.0. The second-order valence-corrected chi connectivity index (χ2v) is 8.55. The molecule has 1 unspecified atom stereocenters. The first kappa shape index (κ1) is 27.3. The maximum Gasteiger partial charge on any atom is 0.191 e. The number of guanidine groups is 1. The van der Waals surface area contributed by atoms with Gasteiger partial charge in [0.25, 0.3) is 0 Å². The number of nitrogens with one attached hydrogen (secondary N) is 2. The number of rotatable bonds is 11. The number of aromatic nitrogens is 3. The van der Waals surface area contributed by atoms with E-state index in [1.807, 2.05) is 24.6 Å². The van der Waals surface area contributed by atoms with Crippen LogP contribution < -0.4 is 15.5 Å². The van der Waals surface area contributed by atoms with E-state index in [1.165, 1.54) is 5.69 Å². The Balaban J connectivity index is 0.00000385. The van der Waals surface area contributed by atoms with Crippen LogP contribution in [0.2, 0.25) is 0 Å². The molecule has 10 heteroatoms. The molecule has 0 amide bonds. The lowest BCUT2D eigenvalue weighted by molar-refractivity contribution is 0.127. The predicted molar refractivity (Wildman–Crippen MR) is 142 cm³/mol. The van der Waals surface area contributed by atoms with E-state index < -0.39 is 0 Å². The summed E-state index contributed by atoms with van der Waals surface area (Å²) in [5.41, 5.74) is 1.16. The Morgan fingerprint density at radius 1 is 1.27 bits per heavy atom. The van der Waals surface area contributed by atoms with E-state index in [2.05, 4.69) is 57.0 Å². The smallest absolute Gasteiger partial charge is 0.191 e. The van der Waals surface area contributed by atoms with E-state index in [-0.39, 0.29) is 36.0 Å². The van der Waals surface area contributed by atoms with Crippen molar-refractivity contribution in [1.29, 1.82) is 0 Å². The maximum atomic E-state index is 9.51. The van der Waals surface area contributed by atoms with E-state index in [1.54, 1.807) is 0 Å². The average molecular weight is 572 g/mol. The van der Waals surface area contributed by atoms with E-state index in [0.29, 0.717) is 19.7 Å². The Morgan fingerprint density at radius 3 is 2.70 bits per heavy atom. The molecule has 9 nitrogen and oxygen atoms in total. The summed E-state index contributed by atoms with van der Waals surface area (Å²) in [4.78, 5) is 7.00. The molecule has 184 valence electrons. The van der Waals surface area contributed by atoms with Gasteiger partial charge in [-0.15, -0.1) is 34.2 Å². The summed E-state index contributed by atoms with van der Waals surface area (Å²) in [7, 11) is 4.06. The molecule has 1 aliphatic heterocycles. The van der Waals surface area contributed by atoms with Crippen LogP contribution in [0.3, 0.4) is 0 Å². The lowest BCUT2D eigenvalue weighted by atomic mass is 9.84. The van der Waals surface area contributed by atoms with Crippen LogP contribution in [0.15, 0.2) is 35.3 Å². The van der Waals surface area contributed by atoms with Gasteiger partial charge in [-0.3, -0.25) is 0 Å². The minimum atomic E-state index is -0.0495. The summed E-state index contributed by atoms with van der Waals surface area (Å²) < 4.78 is 7.57. The second-order valence-electron chi connectivity index (χ2n) is 8.55. The van der Waals surface area contributed by atoms with Gasteiger partial charge >= 0.3 is 0 Å². The highest BCUT2D eigenvalue weighted by Gasteiger charge is 2.34. The number of hydrogen-bond acceptors (Lipinski definition) is 6. The fourth-order valence-electron chi connectivity index (χ4n) is 3.83. The number of aliphatic hydroxyl groups is 1. The van der Waals surface area contributed by atoms with E-state index in [9.17, 15) is 5.11 Å². The number of aliphatic hydroxyl groups excluding tert-OH is 1. The Bertz CT molecular complexity index is 854. The minimum absolute atomic E-state index is 0. The highest BCUT2D eigenvalue weighted by Crippen LogP contribution is 2.31. The van der Waals surface area contributed by atoms with Crippen LogP contribution in [-0.4, -0.2) is 72.3 Å². The van der Waals surface area contributed by atoms with Crippen LogP contribution in [0.5, 0.6) is 0 Å². The van der Waals surface area contributed by atoms with Gasteiger partial charge in [-0.1, -0.05) is 18.2 Å². The number of anilines is 1. The maximum absolute atomic E-state index is 9.51. The SMILES string of the molecule is Cc1nnc(CN=C(NCCCN(C)c2ccccc2)NCC2(CCO)CCOC2)n1C.I. The van der Waals surface area contributed by atoms with Gasteiger partial charge in [0.2, 0.25) is 0 Å². The Labute approximate surface area is 214 Å². The first-order valence-electron chi connectivity index (χ1n) is 11.3. The van der Waals surface area contributed by atoms with Gasteiger partial charge in [-0.2, -0.15) is 0 Å². The first-order chi connectivity index (χ1) is 15.5. The fraction of sp³-hybridized carbons (Fsp3) is 0.609. The van der Waals surface area contributed by atoms with Crippen LogP contribution in [0.25, 0.3) is 0 Å². The van der Waals surface area contributed by atoms with Crippen molar-refractivity contribution in [3.63, 3.8) is 0 Å². The van der Waals surface area contributed by atoms with Crippen molar-refractivity contribution in [3.05, 3.63) is 42.0 Å². The number of aliphatic imine (C=N–C) groups is 1. The number of benzene rings is 1. The van der Waals surface area contributed by atoms with Gasteiger partial charge in [-0.05, 0) is 38.3 Å². The monoisotopic (exact) mass is 571 g/mol. The van der Waals surface area contributed by atoms with Gasteiger partial charge < -0.3 is 29.9 Å². The third-order valence-electron chi connectivity index (χ3n) is 6.18. The Kier molecular flexibility index (Phi) is 11.3. The fourth-order valence-corrected chi connectivity index (χ4v) is 3.83. The van der Waals surface area contributed by atoms with Crippen molar-refractivity contribution in [2.75, 3.05) is 51.4 Å². The van der Waals surface area contributed by atoms with Crippen LogP contribution >= 0.6 is 24.0 Å². The lowest BCUT2D eigenvalue weighted by Crippen LogP contribution is -2.45. The zero-order chi connectivity index (χ0) is 22.8. The summed E-state index contributed by atoms with van der Waals surface area (Å²) in [6.07, 6.45) is 2.63. The molecule has 1 aromatic carbocycles. The molecule has 33 heavy (non-hydrogen) atoms. The van der Waals surface area contributed by atoms with Gasteiger partial charge in [0.15, 0.2) is 11.8 Å². The molecule has 0 aliphatic carbocycles. The molecule has 0 saturated carbocycles. The standard InChI is InChI=1S/C23H37N7O2.HI/c1-19-27-28-21(30(19)3)16-25-22(26-17-23(10-14-31)11-15-32-18-23)24-12-7-13-29(2)20-8-5-4-6-9-20;/h4-6,8-9,31H,7,10-18H2,1-3H3,(H2,24,25,26);1H. The normalized spacial score (nSPS) is 18.1. The number of hydrogen-bond donors (Lipinski definition) is 3. The first-order valence-corrected chi connectivity index (χ1v) is 11.3. The van der Waals surface area contributed by atoms with Crippen molar-refractivity contribution in [2.24, 2.45) is 17.5 Å². The summed E-state index contributed by atoms with van der Waals surface area (Å²) in [5, 5.41) is 24.8. The highest BCUT2D eigenvalue weighted by atomic mass is 127. The van der Waals surface area contributed by atoms with Crippen molar-refractivity contribution >= 4 is 35.6 Å². The molecule has 0 bridgehead atoms. The molecule has 1 aliphatic rings. The molecule has 1 fully saturated rings. The third kappa shape index (κ3) is 8.11. The molecular formula is C23H38IN7O2. The second kappa shape index (κ2) is 13.7. The number of aryl methyl sites for hydroxylation is 1. The molecule has 3 rings (SSSR count). The van der Waals surface area contributed by atoms with E-state index in [0.717, 1.165) is 56.6 Å². The molecule has 3 N–H and O–H groups in total. The summed E-state index contributed by atoms with van der Waals surface area (Å²) >= 11 is 0. The molecule has 0 radical (unpaired) electrons. The number of nitrogens with zero attached hydrogens (tertiary/aromatic N) is 5. The zero-order valence-electron chi connectivity index (χ0n) is 20.0. The molecule has 1 saturated heterocycles. The molecular weight excluding hydrogens is 533 g/mol. The van der Waals surface area contributed by atoms with Crippen molar-refractivity contribution in [1.82, 2.24) is 25.4 Å². The van der Waals surface area contributed by atoms with E-state index in [4.69, 9.17) is 9.73 Å². The van der Waals surface area contributed by atoms with Crippen LogP contribution in [0.1, 0.15) is 30.9 Å². The Morgan fingerprint density at radius 2 is 2.06 bits per heavy atom. The number of halogens is 1. The topological polar surface area (TPSA) is 99.8 Å². The number of para-hydroxylation sites is 1.